The summed E-state index contributed by atoms with van der Waals surface area (Å²) < 4.78 is 0. The van der Waals surface area contributed by atoms with Crippen LogP contribution in [0, 0.1) is 10.1 Å². The number of pyridine rings is 1. The molecule has 2 N–H and O–H groups in total. The van der Waals surface area contributed by atoms with Gasteiger partial charge in [-0.2, -0.15) is 0 Å². The average molecular weight is 517 g/mol. The predicted octanol–water partition coefficient (Wildman–Crippen LogP) is 6.40. The molecule has 0 atom stereocenters. The van der Waals surface area contributed by atoms with Gasteiger partial charge in [0, 0.05) is 54.6 Å². The van der Waals surface area contributed by atoms with Gasteiger partial charge in [-0.25, -0.2) is 0 Å². The lowest BCUT2D eigenvalue weighted by molar-refractivity contribution is -0.385. The van der Waals surface area contributed by atoms with Crippen molar-refractivity contribution < 1.29 is 15.9 Å². The van der Waals surface area contributed by atoms with Crippen molar-refractivity contribution in [1.29, 1.82) is 0 Å². The van der Waals surface area contributed by atoms with Gasteiger partial charge in [-0.1, -0.05) is 70.2 Å². The van der Waals surface area contributed by atoms with Crippen LogP contribution in [0.2, 0.25) is 0 Å². The van der Waals surface area contributed by atoms with Gasteiger partial charge in [0.25, 0.3) is 11.6 Å². The van der Waals surface area contributed by atoms with Crippen molar-refractivity contribution in [1.82, 2.24) is 15.6 Å². The van der Waals surface area contributed by atoms with E-state index >= 15 is 0 Å². The fourth-order valence-corrected chi connectivity index (χ4v) is 4.32. The fraction of sp³-hybridized carbons (Fsp3) is 0.233. The molecule has 0 bridgehead atoms. The number of hydrogen-bond donors (Lipinski definition) is 2. The zero-order valence-electron chi connectivity index (χ0n) is 22.3. The number of hydrogen-bond acceptors (Lipinski definition) is 5. The van der Waals surface area contributed by atoms with Crippen LogP contribution in [0.5, 0.6) is 0 Å². The quantitative estimate of drug-likeness (QED) is 0.154. The Bertz CT molecular complexity index is 1540. The second-order valence-electron chi connectivity index (χ2n) is 8.12. The van der Waals surface area contributed by atoms with Crippen molar-refractivity contribution in [2.75, 3.05) is 7.05 Å². The van der Waals surface area contributed by atoms with E-state index in [-0.39, 0.29) is 31.9 Å². The standard InChI is InChI=1S/C26H20N4O4.2C2H6.H2/c1-27-23(31)10-15-5-6-18(22(9-15)30(33)34)13-29-26(32)20-11-17-8-7-16-3-2-4-19-14-28-21(12-20)25(17)24(16)19;2*1-2;/h2-9,11-12,14H,10,13H2,1H3,(H,27,31)(H,29,32);2*1-2H3;1H/i;;;1+2. The first-order chi connectivity index (χ1) is 18.4. The number of carbonyl (C=O) groups is 2. The second kappa shape index (κ2) is 12.6. The van der Waals surface area contributed by atoms with Crippen LogP contribution in [0.4, 0.5) is 5.69 Å². The van der Waals surface area contributed by atoms with Gasteiger partial charge in [-0.3, -0.25) is 24.7 Å². The van der Waals surface area contributed by atoms with Crippen molar-refractivity contribution in [3.8, 4) is 0 Å². The summed E-state index contributed by atoms with van der Waals surface area (Å²) >= 11 is 0. The Morgan fingerprint density at radius 1 is 0.921 bits per heavy atom. The highest BCUT2D eigenvalue weighted by atomic mass is 16.6. The third kappa shape index (κ3) is 5.70. The van der Waals surface area contributed by atoms with E-state index in [9.17, 15) is 19.7 Å². The number of nitro groups is 1. The molecular formula is C30H34N4O4. The molecule has 0 aliphatic rings. The van der Waals surface area contributed by atoms with Gasteiger partial charge in [-0.05, 0) is 28.5 Å². The summed E-state index contributed by atoms with van der Waals surface area (Å²) in [6.45, 7) is 7.98. The Hall–Kier alpha value is -4.59. The molecule has 0 saturated carbocycles. The molecule has 1 heterocycles. The highest BCUT2D eigenvalue weighted by molar-refractivity contribution is 6.22. The van der Waals surface area contributed by atoms with E-state index in [1.165, 1.54) is 13.1 Å². The molecule has 0 aliphatic carbocycles. The maximum atomic E-state index is 13.0. The van der Waals surface area contributed by atoms with E-state index in [1.807, 2.05) is 58.0 Å². The van der Waals surface area contributed by atoms with Crippen LogP contribution in [0.3, 0.4) is 0 Å². The van der Waals surface area contributed by atoms with E-state index in [0.717, 1.165) is 32.4 Å². The molecule has 1 aromatic heterocycles. The Morgan fingerprint density at radius 3 is 2.34 bits per heavy atom. The number of likely N-dealkylation sites (N-methyl/N-ethyl adjacent to an activating group) is 1. The largest absolute Gasteiger partial charge is 0.359 e. The van der Waals surface area contributed by atoms with Crippen LogP contribution in [-0.4, -0.2) is 28.8 Å². The summed E-state index contributed by atoms with van der Waals surface area (Å²) in [5, 5.41) is 22.0. The van der Waals surface area contributed by atoms with Crippen LogP contribution < -0.4 is 10.6 Å². The highest BCUT2D eigenvalue weighted by Gasteiger charge is 2.18. The molecule has 0 fully saturated rings. The molecule has 198 valence electrons. The monoisotopic (exact) mass is 516 g/mol. The van der Waals surface area contributed by atoms with Gasteiger partial charge in [0.2, 0.25) is 5.91 Å². The molecule has 0 radical (unpaired) electrons. The van der Waals surface area contributed by atoms with Gasteiger partial charge < -0.3 is 10.6 Å². The molecule has 0 aliphatic heterocycles. The number of rotatable bonds is 6. The van der Waals surface area contributed by atoms with Gasteiger partial charge in [-0.15, -0.1) is 0 Å². The smallest absolute Gasteiger partial charge is 0.274 e. The van der Waals surface area contributed by atoms with Crippen LogP contribution in [-0.2, 0) is 17.8 Å². The van der Waals surface area contributed by atoms with E-state index in [4.69, 9.17) is 0 Å². The van der Waals surface area contributed by atoms with Crippen molar-refractivity contribution in [3.05, 3.63) is 93.7 Å². The molecule has 0 saturated heterocycles. The maximum Gasteiger partial charge on any atom is 0.274 e. The number of carbonyl (C=O) groups excluding carboxylic acids is 2. The molecule has 5 aromatic rings. The van der Waals surface area contributed by atoms with E-state index < -0.39 is 4.92 Å². The molecule has 8 heteroatoms. The molecule has 5 rings (SSSR count). The van der Waals surface area contributed by atoms with Crippen LogP contribution >= 0.6 is 0 Å². The van der Waals surface area contributed by atoms with E-state index in [0.29, 0.717) is 16.7 Å². The van der Waals surface area contributed by atoms with E-state index in [1.54, 1.807) is 24.4 Å². The highest BCUT2D eigenvalue weighted by Crippen LogP contribution is 2.33. The predicted molar refractivity (Wildman–Crippen MR) is 155 cm³/mol. The average Bonchev–Trinajstić information content (AvgIpc) is 2.96. The minimum absolute atomic E-state index is 0. The Morgan fingerprint density at radius 2 is 1.63 bits per heavy atom. The Kier molecular flexibility index (Phi) is 9.27. The summed E-state index contributed by atoms with van der Waals surface area (Å²) in [7, 11) is 1.51. The van der Waals surface area contributed by atoms with Gasteiger partial charge in [0.15, 0.2) is 0 Å². The SMILES string of the molecule is CC.CC.CNC(=O)Cc1ccc(CNC(=O)c2cc3ccc4cccc5cnc(c2)c3c45)c([N+](=O)[O-])c1.[3HH]. The molecule has 0 spiro atoms. The molecule has 8 nitrogen and oxygen atoms in total. The Balaban J connectivity index is 0.00000102. The van der Waals surface area contributed by atoms with Crippen LogP contribution in [0.25, 0.3) is 32.4 Å². The summed E-state index contributed by atoms with van der Waals surface area (Å²) in [4.78, 5) is 40.2. The van der Waals surface area contributed by atoms with E-state index in [2.05, 4.69) is 21.7 Å². The zero-order valence-corrected chi connectivity index (χ0v) is 22.3. The molecule has 2 amide bonds. The minimum Gasteiger partial charge on any atom is -0.359 e. The minimum atomic E-state index is -0.508. The number of nitrogens with one attached hydrogen (secondary N) is 2. The lowest BCUT2D eigenvalue weighted by Gasteiger charge is -2.12. The molecule has 0 unspecified atom stereocenters. The first kappa shape index (κ1) is 28.0. The van der Waals surface area contributed by atoms with Gasteiger partial charge >= 0.3 is 0 Å². The van der Waals surface area contributed by atoms with Gasteiger partial charge in [0.1, 0.15) is 0 Å². The lowest BCUT2D eigenvalue weighted by atomic mass is 9.96. The van der Waals surface area contributed by atoms with Crippen molar-refractivity contribution >= 4 is 49.9 Å². The summed E-state index contributed by atoms with van der Waals surface area (Å²) in [6.07, 6.45) is 1.84. The van der Waals surface area contributed by atoms with Gasteiger partial charge in [0.05, 0.1) is 16.9 Å². The topological polar surface area (TPSA) is 114 Å². The summed E-state index contributed by atoms with van der Waals surface area (Å²) in [6, 6.07) is 18.2. The number of nitrogens with zero attached hydrogens (tertiary/aromatic N) is 2. The number of benzene rings is 4. The van der Waals surface area contributed by atoms with Crippen molar-refractivity contribution in [2.24, 2.45) is 0 Å². The Labute approximate surface area is 223 Å². The number of aromatic nitrogens is 1. The normalized spacial score (nSPS) is 10.3. The van der Waals surface area contributed by atoms with Crippen molar-refractivity contribution in [2.45, 2.75) is 40.7 Å². The summed E-state index contributed by atoms with van der Waals surface area (Å²) in [5.41, 5.74) is 1.89. The summed E-state index contributed by atoms with van der Waals surface area (Å²) in [5.74, 6) is -0.589. The third-order valence-electron chi connectivity index (χ3n) is 6.00. The lowest BCUT2D eigenvalue weighted by Crippen LogP contribution is -2.23. The molecular weight excluding hydrogens is 480 g/mol. The zero-order chi connectivity index (χ0) is 27.8. The fourth-order valence-electron chi connectivity index (χ4n) is 4.32. The first-order valence-corrected chi connectivity index (χ1v) is 12.7. The number of amides is 2. The molecule has 38 heavy (non-hydrogen) atoms. The number of nitro benzene ring substituents is 1. The van der Waals surface area contributed by atoms with Crippen LogP contribution in [0.15, 0.2) is 66.9 Å². The third-order valence-corrected chi connectivity index (χ3v) is 6.00. The molecule has 4 aromatic carbocycles. The van der Waals surface area contributed by atoms with Crippen molar-refractivity contribution in [3.63, 3.8) is 0 Å². The second-order valence-corrected chi connectivity index (χ2v) is 8.12. The van der Waals surface area contributed by atoms with Crippen LogP contribution in [0.1, 0.15) is 50.6 Å². The first-order valence-electron chi connectivity index (χ1n) is 12.7. The maximum absolute atomic E-state index is 13.0.